The first-order valence-corrected chi connectivity index (χ1v) is 5.58. The molecule has 0 bridgehead atoms. The zero-order valence-electron chi connectivity index (χ0n) is 10.9. The van der Waals surface area contributed by atoms with E-state index in [2.05, 4.69) is 19.2 Å². The number of hydrogen-bond donors (Lipinski definition) is 2. The molecule has 0 spiro atoms. The normalized spacial score (nSPS) is 11.5. The summed E-state index contributed by atoms with van der Waals surface area (Å²) in [6.45, 7) is 5.45. The lowest BCUT2D eigenvalue weighted by atomic mass is 10.1. The molecule has 0 atom stereocenters. The van der Waals surface area contributed by atoms with Gasteiger partial charge in [-0.15, -0.1) is 0 Å². The summed E-state index contributed by atoms with van der Waals surface area (Å²) in [5, 5.41) is 13.0. The van der Waals surface area contributed by atoms with Crippen molar-refractivity contribution in [3.8, 4) is 11.5 Å². The van der Waals surface area contributed by atoms with E-state index in [1.807, 2.05) is 6.07 Å². The van der Waals surface area contributed by atoms with Crippen LogP contribution in [-0.2, 0) is 11.3 Å². The predicted octanol–water partition coefficient (Wildman–Crippen LogP) is 1.92. The van der Waals surface area contributed by atoms with Crippen molar-refractivity contribution in [2.45, 2.75) is 25.9 Å². The summed E-state index contributed by atoms with van der Waals surface area (Å²) in [7, 11) is 3.22. The Balaban J connectivity index is 2.61. The van der Waals surface area contributed by atoms with Gasteiger partial charge in [0, 0.05) is 19.2 Å². The van der Waals surface area contributed by atoms with Crippen molar-refractivity contribution >= 4 is 0 Å². The summed E-state index contributed by atoms with van der Waals surface area (Å²) in [6.07, 6.45) is 0. The predicted molar refractivity (Wildman–Crippen MR) is 67.5 cm³/mol. The standard InChI is InChI=1S/C13H21NO3/c1-13(2,9-16-3)14-8-10-5-6-12(17-4)11(15)7-10/h5-7,14-15H,8-9H2,1-4H3. The molecule has 0 aliphatic heterocycles. The summed E-state index contributed by atoms with van der Waals surface area (Å²) in [4.78, 5) is 0. The highest BCUT2D eigenvalue weighted by molar-refractivity contribution is 5.41. The number of ether oxygens (including phenoxy) is 2. The SMILES string of the molecule is COCC(C)(C)NCc1ccc(OC)c(O)c1. The second-order valence-electron chi connectivity index (χ2n) is 4.68. The zero-order chi connectivity index (χ0) is 12.9. The zero-order valence-corrected chi connectivity index (χ0v) is 10.9. The third-order valence-corrected chi connectivity index (χ3v) is 2.52. The van der Waals surface area contributed by atoms with Crippen LogP contribution in [-0.4, -0.2) is 31.5 Å². The van der Waals surface area contributed by atoms with E-state index in [-0.39, 0.29) is 11.3 Å². The van der Waals surface area contributed by atoms with Crippen molar-refractivity contribution < 1.29 is 14.6 Å². The van der Waals surface area contributed by atoms with Gasteiger partial charge in [-0.05, 0) is 31.5 Å². The average molecular weight is 239 g/mol. The van der Waals surface area contributed by atoms with Gasteiger partial charge in [-0.3, -0.25) is 0 Å². The van der Waals surface area contributed by atoms with Crippen LogP contribution in [0.15, 0.2) is 18.2 Å². The fraction of sp³-hybridized carbons (Fsp3) is 0.538. The molecule has 17 heavy (non-hydrogen) atoms. The molecule has 0 aromatic heterocycles. The average Bonchev–Trinajstić information content (AvgIpc) is 2.27. The number of hydrogen-bond acceptors (Lipinski definition) is 4. The molecular weight excluding hydrogens is 218 g/mol. The van der Waals surface area contributed by atoms with Gasteiger partial charge in [-0.1, -0.05) is 6.07 Å². The van der Waals surface area contributed by atoms with E-state index in [1.54, 1.807) is 19.2 Å². The van der Waals surface area contributed by atoms with Gasteiger partial charge in [0.1, 0.15) is 0 Å². The molecule has 0 unspecified atom stereocenters. The van der Waals surface area contributed by atoms with Gasteiger partial charge in [0.25, 0.3) is 0 Å². The first-order chi connectivity index (χ1) is 7.98. The Hall–Kier alpha value is -1.26. The topological polar surface area (TPSA) is 50.7 Å². The van der Waals surface area contributed by atoms with Gasteiger partial charge >= 0.3 is 0 Å². The Morgan fingerprint density at radius 2 is 2.00 bits per heavy atom. The van der Waals surface area contributed by atoms with Crippen LogP contribution in [0.3, 0.4) is 0 Å². The van der Waals surface area contributed by atoms with Gasteiger partial charge in [-0.2, -0.15) is 0 Å². The number of aromatic hydroxyl groups is 1. The van der Waals surface area contributed by atoms with Crippen LogP contribution in [0.2, 0.25) is 0 Å². The van der Waals surface area contributed by atoms with Gasteiger partial charge < -0.3 is 19.9 Å². The quantitative estimate of drug-likeness (QED) is 0.796. The second-order valence-corrected chi connectivity index (χ2v) is 4.68. The molecule has 2 N–H and O–H groups in total. The molecule has 0 amide bonds. The van der Waals surface area contributed by atoms with Crippen LogP contribution < -0.4 is 10.1 Å². The lowest BCUT2D eigenvalue weighted by Crippen LogP contribution is -2.42. The molecule has 0 aliphatic carbocycles. The molecule has 0 saturated carbocycles. The van der Waals surface area contributed by atoms with Crippen molar-refractivity contribution in [3.63, 3.8) is 0 Å². The maximum Gasteiger partial charge on any atom is 0.160 e. The van der Waals surface area contributed by atoms with Crippen molar-refractivity contribution in [1.82, 2.24) is 5.32 Å². The Bertz CT molecular complexity index is 364. The van der Waals surface area contributed by atoms with Crippen LogP contribution in [0.5, 0.6) is 11.5 Å². The summed E-state index contributed by atoms with van der Waals surface area (Å²) in [5.41, 5.74) is 0.914. The fourth-order valence-corrected chi connectivity index (χ4v) is 1.60. The molecule has 0 aliphatic rings. The van der Waals surface area contributed by atoms with Gasteiger partial charge in [-0.25, -0.2) is 0 Å². The monoisotopic (exact) mass is 239 g/mol. The molecule has 1 aromatic carbocycles. The van der Waals surface area contributed by atoms with E-state index in [0.717, 1.165) is 5.56 Å². The third kappa shape index (κ3) is 4.24. The molecule has 1 rings (SSSR count). The van der Waals surface area contributed by atoms with Crippen LogP contribution in [0, 0.1) is 0 Å². The Kier molecular flexibility index (Phi) is 4.78. The lowest BCUT2D eigenvalue weighted by Gasteiger charge is -2.25. The first kappa shape index (κ1) is 13.8. The molecular formula is C13H21NO3. The molecule has 0 heterocycles. The van der Waals surface area contributed by atoms with Crippen LogP contribution in [0.4, 0.5) is 0 Å². The molecule has 4 heteroatoms. The fourth-order valence-electron chi connectivity index (χ4n) is 1.60. The van der Waals surface area contributed by atoms with Crippen molar-refractivity contribution in [1.29, 1.82) is 0 Å². The van der Waals surface area contributed by atoms with E-state index in [4.69, 9.17) is 9.47 Å². The largest absolute Gasteiger partial charge is 0.504 e. The minimum absolute atomic E-state index is 0.0930. The highest BCUT2D eigenvalue weighted by Gasteiger charge is 2.16. The minimum Gasteiger partial charge on any atom is -0.504 e. The number of rotatable bonds is 6. The van der Waals surface area contributed by atoms with E-state index < -0.39 is 0 Å². The van der Waals surface area contributed by atoms with Crippen molar-refractivity contribution in [3.05, 3.63) is 23.8 Å². The summed E-state index contributed by atoms with van der Waals surface area (Å²) >= 11 is 0. The van der Waals surface area contributed by atoms with Gasteiger partial charge in [0.2, 0.25) is 0 Å². The summed E-state index contributed by atoms with van der Waals surface area (Å²) in [5.74, 6) is 0.654. The molecule has 1 aromatic rings. The van der Waals surface area contributed by atoms with Gasteiger partial charge in [0.05, 0.1) is 13.7 Å². The van der Waals surface area contributed by atoms with Crippen LogP contribution in [0.1, 0.15) is 19.4 Å². The van der Waals surface area contributed by atoms with Crippen LogP contribution >= 0.6 is 0 Å². The summed E-state index contributed by atoms with van der Waals surface area (Å²) in [6, 6.07) is 5.39. The van der Waals surface area contributed by atoms with E-state index in [9.17, 15) is 5.11 Å². The second kappa shape index (κ2) is 5.89. The first-order valence-electron chi connectivity index (χ1n) is 5.58. The Morgan fingerprint density at radius 3 is 2.53 bits per heavy atom. The molecule has 96 valence electrons. The van der Waals surface area contributed by atoms with Crippen LogP contribution in [0.25, 0.3) is 0 Å². The van der Waals surface area contributed by atoms with E-state index in [1.165, 1.54) is 7.11 Å². The Labute approximate surface area is 103 Å². The number of nitrogens with one attached hydrogen (secondary N) is 1. The Morgan fingerprint density at radius 1 is 1.29 bits per heavy atom. The molecule has 0 fully saturated rings. The van der Waals surface area contributed by atoms with Crippen molar-refractivity contribution in [2.75, 3.05) is 20.8 Å². The lowest BCUT2D eigenvalue weighted by molar-refractivity contribution is 0.127. The summed E-state index contributed by atoms with van der Waals surface area (Å²) < 4.78 is 10.1. The third-order valence-electron chi connectivity index (χ3n) is 2.52. The molecule has 0 radical (unpaired) electrons. The number of phenols is 1. The van der Waals surface area contributed by atoms with Gasteiger partial charge in [0.15, 0.2) is 11.5 Å². The van der Waals surface area contributed by atoms with E-state index in [0.29, 0.717) is 18.9 Å². The number of methoxy groups -OCH3 is 2. The molecule has 0 saturated heterocycles. The van der Waals surface area contributed by atoms with Crippen molar-refractivity contribution in [2.24, 2.45) is 0 Å². The van der Waals surface area contributed by atoms with E-state index >= 15 is 0 Å². The highest BCUT2D eigenvalue weighted by atomic mass is 16.5. The number of benzene rings is 1. The smallest absolute Gasteiger partial charge is 0.160 e. The maximum atomic E-state index is 9.65. The molecule has 4 nitrogen and oxygen atoms in total. The minimum atomic E-state index is -0.0930. The highest BCUT2D eigenvalue weighted by Crippen LogP contribution is 2.26. The number of phenolic OH excluding ortho intramolecular Hbond substituents is 1. The maximum absolute atomic E-state index is 9.65.